The summed E-state index contributed by atoms with van der Waals surface area (Å²) in [6.07, 6.45) is 1.45. The van der Waals surface area contributed by atoms with E-state index in [9.17, 15) is 9.59 Å². The topological polar surface area (TPSA) is 65.8 Å². The molecule has 30 heavy (non-hydrogen) atoms. The molecule has 0 unspecified atom stereocenters. The molecule has 2 aromatic carbocycles. The summed E-state index contributed by atoms with van der Waals surface area (Å²) in [6.45, 7) is 4.59. The van der Waals surface area contributed by atoms with E-state index in [0.29, 0.717) is 29.4 Å². The van der Waals surface area contributed by atoms with Gasteiger partial charge in [-0.15, -0.1) is 0 Å². The van der Waals surface area contributed by atoms with Crippen LogP contribution in [0.2, 0.25) is 5.02 Å². The van der Waals surface area contributed by atoms with Gasteiger partial charge in [-0.25, -0.2) is 0 Å². The quantitative estimate of drug-likeness (QED) is 0.673. The minimum atomic E-state index is -0.345. The first-order valence-corrected chi connectivity index (χ1v) is 10.1. The van der Waals surface area contributed by atoms with Gasteiger partial charge in [-0.3, -0.25) is 9.59 Å². The second kappa shape index (κ2) is 8.63. The molecule has 7 heteroatoms. The van der Waals surface area contributed by atoms with Crippen molar-refractivity contribution >= 4 is 34.8 Å². The Hall–Kier alpha value is -3.25. The Bertz CT molecular complexity index is 1060. The minimum absolute atomic E-state index is 0.0470. The van der Waals surface area contributed by atoms with Crippen LogP contribution in [0.25, 0.3) is 0 Å². The zero-order valence-electron chi connectivity index (χ0n) is 16.6. The summed E-state index contributed by atoms with van der Waals surface area (Å²) in [4.78, 5) is 29.4. The molecule has 2 heterocycles. The summed E-state index contributed by atoms with van der Waals surface area (Å²) in [5, 5.41) is 3.52. The molecule has 0 atom stereocenters. The molecule has 3 aromatic rings. The zero-order chi connectivity index (χ0) is 21.1. The first-order valence-electron chi connectivity index (χ1n) is 9.76. The van der Waals surface area contributed by atoms with Gasteiger partial charge in [0.05, 0.1) is 6.26 Å². The fourth-order valence-electron chi connectivity index (χ4n) is 3.50. The Labute approximate surface area is 180 Å². The van der Waals surface area contributed by atoms with Crippen LogP contribution in [-0.2, 0) is 0 Å². The Morgan fingerprint density at radius 1 is 1.00 bits per heavy atom. The SMILES string of the molecule is Cc1ccc(C(=O)N2CCN(c3cccc(Cl)c3)CC2)cc1NC(=O)c1ccco1. The Morgan fingerprint density at radius 2 is 1.80 bits per heavy atom. The number of halogens is 1. The Morgan fingerprint density at radius 3 is 2.50 bits per heavy atom. The maximum atomic E-state index is 13.0. The molecule has 1 aromatic heterocycles. The van der Waals surface area contributed by atoms with Crippen molar-refractivity contribution in [3.05, 3.63) is 82.8 Å². The lowest BCUT2D eigenvalue weighted by Gasteiger charge is -2.36. The fraction of sp³-hybridized carbons (Fsp3) is 0.217. The van der Waals surface area contributed by atoms with E-state index in [2.05, 4.69) is 10.2 Å². The first kappa shape index (κ1) is 20.0. The number of hydrogen-bond donors (Lipinski definition) is 1. The largest absolute Gasteiger partial charge is 0.459 e. The molecule has 1 fully saturated rings. The number of rotatable bonds is 4. The second-order valence-electron chi connectivity index (χ2n) is 7.22. The van der Waals surface area contributed by atoms with E-state index in [-0.39, 0.29) is 17.6 Å². The van der Waals surface area contributed by atoms with Crippen LogP contribution in [0.4, 0.5) is 11.4 Å². The van der Waals surface area contributed by atoms with Crippen LogP contribution in [0.3, 0.4) is 0 Å². The van der Waals surface area contributed by atoms with Crippen LogP contribution in [-0.4, -0.2) is 42.9 Å². The number of nitrogens with one attached hydrogen (secondary N) is 1. The number of piperazine rings is 1. The number of amides is 2. The lowest BCUT2D eigenvalue weighted by molar-refractivity contribution is 0.0746. The average Bonchev–Trinajstić information content (AvgIpc) is 3.30. The van der Waals surface area contributed by atoms with Crippen molar-refractivity contribution in [3.8, 4) is 0 Å². The third-order valence-electron chi connectivity index (χ3n) is 5.22. The summed E-state index contributed by atoms with van der Waals surface area (Å²) in [6, 6.07) is 16.4. The predicted molar refractivity (Wildman–Crippen MR) is 117 cm³/mol. The minimum Gasteiger partial charge on any atom is -0.459 e. The summed E-state index contributed by atoms with van der Waals surface area (Å²) < 4.78 is 5.13. The van der Waals surface area contributed by atoms with E-state index < -0.39 is 0 Å². The molecular weight excluding hydrogens is 402 g/mol. The number of anilines is 2. The summed E-state index contributed by atoms with van der Waals surface area (Å²) >= 11 is 6.09. The predicted octanol–water partition coefficient (Wildman–Crippen LogP) is 4.46. The number of hydrogen-bond acceptors (Lipinski definition) is 4. The lowest BCUT2D eigenvalue weighted by atomic mass is 10.1. The third kappa shape index (κ3) is 4.33. The van der Waals surface area contributed by atoms with Crippen molar-refractivity contribution in [3.63, 3.8) is 0 Å². The Kier molecular flexibility index (Phi) is 5.77. The molecule has 1 aliphatic rings. The number of carbonyl (C=O) groups is 2. The van der Waals surface area contributed by atoms with E-state index in [1.165, 1.54) is 6.26 Å². The highest BCUT2D eigenvalue weighted by molar-refractivity contribution is 6.30. The van der Waals surface area contributed by atoms with Crippen LogP contribution in [0, 0.1) is 6.92 Å². The normalized spacial score (nSPS) is 13.9. The van der Waals surface area contributed by atoms with Gasteiger partial charge in [-0.05, 0) is 55.0 Å². The van der Waals surface area contributed by atoms with Crippen molar-refractivity contribution in [1.82, 2.24) is 4.90 Å². The zero-order valence-corrected chi connectivity index (χ0v) is 17.4. The van der Waals surface area contributed by atoms with E-state index >= 15 is 0 Å². The van der Waals surface area contributed by atoms with Gasteiger partial charge in [0.1, 0.15) is 0 Å². The summed E-state index contributed by atoms with van der Waals surface area (Å²) in [5.74, 6) is -0.166. The first-order chi connectivity index (χ1) is 14.5. The van der Waals surface area contributed by atoms with Gasteiger partial charge in [-0.1, -0.05) is 23.7 Å². The van der Waals surface area contributed by atoms with Crippen molar-refractivity contribution in [2.24, 2.45) is 0 Å². The van der Waals surface area contributed by atoms with Gasteiger partial charge in [0.2, 0.25) is 0 Å². The molecule has 1 saturated heterocycles. The molecule has 0 aliphatic carbocycles. The highest BCUT2D eigenvalue weighted by atomic mass is 35.5. The maximum absolute atomic E-state index is 13.0. The van der Waals surface area contributed by atoms with Gasteiger partial charge < -0.3 is 19.5 Å². The molecule has 2 amide bonds. The molecule has 4 rings (SSSR count). The number of benzene rings is 2. The molecular formula is C23H22ClN3O3. The average molecular weight is 424 g/mol. The number of carbonyl (C=O) groups excluding carboxylic acids is 2. The molecule has 1 aliphatic heterocycles. The molecule has 1 N–H and O–H groups in total. The van der Waals surface area contributed by atoms with Crippen LogP contribution in [0.15, 0.2) is 65.3 Å². The molecule has 0 spiro atoms. The highest BCUT2D eigenvalue weighted by Crippen LogP contribution is 2.23. The van der Waals surface area contributed by atoms with Crippen molar-refractivity contribution in [1.29, 1.82) is 0 Å². The van der Waals surface area contributed by atoms with E-state index in [0.717, 1.165) is 24.3 Å². The summed E-state index contributed by atoms with van der Waals surface area (Å²) in [5.41, 5.74) is 3.08. The third-order valence-corrected chi connectivity index (χ3v) is 5.45. The van der Waals surface area contributed by atoms with E-state index in [4.69, 9.17) is 16.0 Å². The van der Waals surface area contributed by atoms with E-state index in [1.54, 1.807) is 24.3 Å². The van der Waals surface area contributed by atoms with Crippen molar-refractivity contribution < 1.29 is 14.0 Å². The second-order valence-corrected chi connectivity index (χ2v) is 7.66. The van der Waals surface area contributed by atoms with Crippen molar-refractivity contribution in [2.75, 3.05) is 36.4 Å². The van der Waals surface area contributed by atoms with Gasteiger partial charge in [0.15, 0.2) is 5.76 Å². The van der Waals surface area contributed by atoms with Crippen LogP contribution < -0.4 is 10.2 Å². The number of nitrogens with zero attached hydrogens (tertiary/aromatic N) is 2. The standard InChI is InChI=1S/C23H22ClN3O3/c1-16-7-8-17(14-20(16)25-22(28)21-6-3-13-30-21)23(29)27-11-9-26(10-12-27)19-5-2-4-18(24)15-19/h2-8,13-15H,9-12H2,1H3,(H,25,28). The molecule has 0 bridgehead atoms. The monoisotopic (exact) mass is 423 g/mol. The van der Waals surface area contributed by atoms with Crippen LogP contribution in [0.1, 0.15) is 26.5 Å². The van der Waals surface area contributed by atoms with Gasteiger partial charge in [-0.2, -0.15) is 0 Å². The van der Waals surface area contributed by atoms with Gasteiger partial charge >= 0.3 is 0 Å². The highest BCUT2D eigenvalue weighted by Gasteiger charge is 2.23. The molecule has 6 nitrogen and oxygen atoms in total. The van der Waals surface area contributed by atoms with E-state index in [1.807, 2.05) is 42.2 Å². The number of aryl methyl sites for hydroxylation is 1. The van der Waals surface area contributed by atoms with Gasteiger partial charge in [0, 0.05) is 48.1 Å². The Balaban J connectivity index is 1.43. The lowest BCUT2D eigenvalue weighted by Crippen LogP contribution is -2.48. The fourth-order valence-corrected chi connectivity index (χ4v) is 3.69. The maximum Gasteiger partial charge on any atom is 0.291 e. The number of furan rings is 1. The summed E-state index contributed by atoms with van der Waals surface area (Å²) in [7, 11) is 0. The molecule has 154 valence electrons. The molecule has 0 saturated carbocycles. The smallest absolute Gasteiger partial charge is 0.291 e. The van der Waals surface area contributed by atoms with Gasteiger partial charge in [0.25, 0.3) is 11.8 Å². The molecule has 0 radical (unpaired) electrons. The van der Waals surface area contributed by atoms with Crippen LogP contribution in [0.5, 0.6) is 0 Å². The van der Waals surface area contributed by atoms with Crippen LogP contribution >= 0.6 is 11.6 Å². The van der Waals surface area contributed by atoms with Crippen molar-refractivity contribution in [2.45, 2.75) is 6.92 Å².